The van der Waals surface area contributed by atoms with Crippen LogP contribution < -0.4 is 5.32 Å². The Bertz CT molecular complexity index is 219. The van der Waals surface area contributed by atoms with Gasteiger partial charge in [-0.2, -0.15) is 0 Å². The summed E-state index contributed by atoms with van der Waals surface area (Å²) < 4.78 is 0. The summed E-state index contributed by atoms with van der Waals surface area (Å²) in [6.07, 6.45) is 8.84. The van der Waals surface area contributed by atoms with Crippen molar-refractivity contribution in [2.75, 3.05) is 19.6 Å². The highest BCUT2D eigenvalue weighted by atomic mass is 16.2. The van der Waals surface area contributed by atoms with E-state index in [2.05, 4.69) is 37.9 Å². The maximum absolute atomic E-state index is 12.3. The van der Waals surface area contributed by atoms with Crippen molar-refractivity contribution in [3.8, 4) is 0 Å². The predicted octanol–water partition coefficient (Wildman–Crippen LogP) is 3.97. The Morgan fingerprint density at radius 3 is 1.95 bits per heavy atom. The third-order valence-corrected chi connectivity index (χ3v) is 3.54. The third kappa shape index (κ3) is 11.3. The largest absolute Gasteiger partial charge is 0.343 e. The van der Waals surface area contributed by atoms with Crippen molar-refractivity contribution in [1.29, 1.82) is 0 Å². The minimum atomic E-state index is 0.350. The van der Waals surface area contributed by atoms with E-state index in [0.717, 1.165) is 38.9 Å². The first-order valence-electron chi connectivity index (χ1n) is 8.62. The molecule has 1 amide bonds. The maximum Gasteiger partial charge on any atom is 0.222 e. The second kappa shape index (κ2) is 13.4. The van der Waals surface area contributed by atoms with Gasteiger partial charge in [0.25, 0.3) is 0 Å². The second-order valence-electron chi connectivity index (χ2n) is 6.01. The lowest BCUT2D eigenvalue weighted by Gasteiger charge is -2.23. The van der Waals surface area contributed by atoms with Crippen LogP contribution in [0.25, 0.3) is 0 Å². The third-order valence-electron chi connectivity index (χ3n) is 3.54. The van der Waals surface area contributed by atoms with E-state index in [-0.39, 0.29) is 0 Å². The lowest BCUT2D eigenvalue weighted by Crippen LogP contribution is -2.33. The van der Waals surface area contributed by atoms with Gasteiger partial charge in [0.15, 0.2) is 0 Å². The minimum Gasteiger partial charge on any atom is -0.343 e. The van der Waals surface area contributed by atoms with Crippen molar-refractivity contribution < 1.29 is 4.79 Å². The van der Waals surface area contributed by atoms with Gasteiger partial charge in [-0.15, -0.1) is 0 Å². The van der Waals surface area contributed by atoms with Gasteiger partial charge in [0.1, 0.15) is 0 Å². The highest BCUT2D eigenvalue weighted by Gasteiger charge is 2.12. The van der Waals surface area contributed by atoms with Gasteiger partial charge in [-0.05, 0) is 25.8 Å². The Labute approximate surface area is 126 Å². The molecule has 0 aromatic carbocycles. The molecule has 0 aliphatic rings. The molecule has 1 N–H and O–H groups in total. The average Bonchev–Trinajstić information content (AvgIpc) is 2.42. The summed E-state index contributed by atoms with van der Waals surface area (Å²) in [5.74, 6) is 0.350. The van der Waals surface area contributed by atoms with E-state index in [1.807, 2.05) is 0 Å². The number of nitrogens with zero attached hydrogens (tertiary/aromatic N) is 1. The van der Waals surface area contributed by atoms with E-state index in [1.54, 1.807) is 0 Å². The predicted molar refractivity (Wildman–Crippen MR) is 88.0 cm³/mol. The molecule has 0 rings (SSSR count). The topological polar surface area (TPSA) is 32.3 Å². The monoisotopic (exact) mass is 284 g/mol. The molecule has 120 valence electrons. The van der Waals surface area contributed by atoms with Crippen LogP contribution in [0.15, 0.2) is 0 Å². The van der Waals surface area contributed by atoms with Gasteiger partial charge in [-0.25, -0.2) is 0 Å². The average molecular weight is 284 g/mol. The van der Waals surface area contributed by atoms with Crippen LogP contribution in [0, 0.1) is 0 Å². The number of carbonyl (C=O) groups is 1. The van der Waals surface area contributed by atoms with Crippen molar-refractivity contribution in [1.82, 2.24) is 10.2 Å². The number of hydrogen-bond donors (Lipinski definition) is 1. The number of carbonyl (C=O) groups excluding carboxylic acids is 1. The zero-order valence-corrected chi connectivity index (χ0v) is 14.2. The molecule has 0 bridgehead atoms. The first-order valence-corrected chi connectivity index (χ1v) is 8.62. The Balaban J connectivity index is 3.97. The van der Waals surface area contributed by atoms with E-state index >= 15 is 0 Å². The molecule has 3 nitrogen and oxygen atoms in total. The summed E-state index contributed by atoms with van der Waals surface area (Å²) >= 11 is 0. The molecule has 0 saturated heterocycles. The molecule has 0 radical (unpaired) electrons. The fraction of sp³-hybridized carbons (Fsp3) is 0.941. The van der Waals surface area contributed by atoms with Gasteiger partial charge in [0.2, 0.25) is 5.91 Å². The fourth-order valence-corrected chi connectivity index (χ4v) is 2.25. The molecule has 0 heterocycles. The number of amides is 1. The number of nitrogens with one attached hydrogen (secondary N) is 1. The Morgan fingerprint density at radius 1 is 0.950 bits per heavy atom. The smallest absolute Gasteiger partial charge is 0.222 e. The van der Waals surface area contributed by atoms with Crippen LogP contribution in [0.5, 0.6) is 0 Å². The van der Waals surface area contributed by atoms with Crippen LogP contribution in [0.2, 0.25) is 0 Å². The maximum atomic E-state index is 12.3. The van der Waals surface area contributed by atoms with E-state index in [1.165, 1.54) is 25.7 Å². The Hall–Kier alpha value is -0.570. The van der Waals surface area contributed by atoms with Crippen LogP contribution in [-0.4, -0.2) is 36.5 Å². The van der Waals surface area contributed by atoms with E-state index in [4.69, 9.17) is 0 Å². The standard InChI is InChI=1S/C17H36N2O/c1-5-7-9-14-19(15-10-8-6-2)17(20)12-11-13-18-16(3)4/h16,18H,5-15H2,1-4H3. The molecular weight excluding hydrogens is 248 g/mol. The molecule has 0 atom stereocenters. The number of rotatable bonds is 13. The Kier molecular flexibility index (Phi) is 13.0. The molecule has 0 aliphatic carbocycles. The lowest BCUT2D eigenvalue weighted by molar-refractivity contribution is -0.131. The summed E-state index contributed by atoms with van der Waals surface area (Å²) in [7, 11) is 0. The molecule has 0 unspecified atom stereocenters. The zero-order valence-electron chi connectivity index (χ0n) is 14.2. The van der Waals surface area contributed by atoms with Gasteiger partial charge >= 0.3 is 0 Å². The van der Waals surface area contributed by atoms with Gasteiger partial charge in [0, 0.05) is 25.6 Å². The summed E-state index contributed by atoms with van der Waals surface area (Å²) in [6, 6.07) is 0.510. The molecule has 0 fully saturated rings. The molecular formula is C17H36N2O. The molecule has 20 heavy (non-hydrogen) atoms. The summed E-state index contributed by atoms with van der Waals surface area (Å²) in [5, 5.41) is 3.37. The van der Waals surface area contributed by atoms with E-state index in [9.17, 15) is 4.79 Å². The molecule has 0 saturated carbocycles. The summed E-state index contributed by atoms with van der Waals surface area (Å²) in [4.78, 5) is 14.4. The van der Waals surface area contributed by atoms with Crippen molar-refractivity contribution in [3.63, 3.8) is 0 Å². The minimum absolute atomic E-state index is 0.350. The lowest BCUT2D eigenvalue weighted by atomic mass is 10.2. The van der Waals surface area contributed by atoms with Gasteiger partial charge < -0.3 is 10.2 Å². The summed E-state index contributed by atoms with van der Waals surface area (Å²) in [6.45, 7) is 11.6. The van der Waals surface area contributed by atoms with Gasteiger partial charge in [-0.1, -0.05) is 53.4 Å². The fourth-order valence-electron chi connectivity index (χ4n) is 2.25. The number of hydrogen-bond acceptors (Lipinski definition) is 2. The highest BCUT2D eigenvalue weighted by molar-refractivity contribution is 5.76. The quantitative estimate of drug-likeness (QED) is 0.519. The summed E-state index contributed by atoms with van der Waals surface area (Å²) in [5.41, 5.74) is 0. The first kappa shape index (κ1) is 19.4. The van der Waals surface area contributed by atoms with Crippen LogP contribution in [0.4, 0.5) is 0 Å². The van der Waals surface area contributed by atoms with Crippen LogP contribution in [0.1, 0.15) is 79.1 Å². The van der Waals surface area contributed by atoms with Crippen molar-refractivity contribution >= 4 is 5.91 Å². The molecule has 0 aromatic rings. The van der Waals surface area contributed by atoms with E-state index < -0.39 is 0 Å². The van der Waals surface area contributed by atoms with Crippen molar-refractivity contribution in [3.05, 3.63) is 0 Å². The van der Waals surface area contributed by atoms with Gasteiger partial charge in [0.05, 0.1) is 0 Å². The SMILES string of the molecule is CCCCCN(CCCCC)C(=O)CCCNC(C)C. The van der Waals surface area contributed by atoms with Crippen LogP contribution in [-0.2, 0) is 4.79 Å². The number of unbranched alkanes of at least 4 members (excludes halogenated alkanes) is 4. The van der Waals surface area contributed by atoms with Gasteiger partial charge in [-0.3, -0.25) is 4.79 Å². The second-order valence-corrected chi connectivity index (χ2v) is 6.01. The molecule has 0 spiro atoms. The molecule has 3 heteroatoms. The zero-order chi connectivity index (χ0) is 15.2. The van der Waals surface area contributed by atoms with Crippen molar-refractivity contribution in [2.45, 2.75) is 85.1 Å². The molecule has 0 aromatic heterocycles. The normalized spacial score (nSPS) is 11.1. The Morgan fingerprint density at radius 2 is 1.50 bits per heavy atom. The van der Waals surface area contributed by atoms with E-state index in [0.29, 0.717) is 18.4 Å². The molecule has 0 aliphatic heterocycles. The van der Waals surface area contributed by atoms with Crippen molar-refractivity contribution in [2.24, 2.45) is 0 Å². The first-order chi connectivity index (χ1) is 9.61. The van der Waals surface area contributed by atoms with Crippen LogP contribution in [0.3, 0.4) is 0 Å². The highest BCUT2D eigenvalue weighted by Crippen LogP contribution is 2.06. The van der Waals surface area contributed by atoms with Crippen LogP contribution >= 0.6 is 0 Å².